The van der Waals surface area contributed by atoms with Crippen molar-refractivity contribution in [3.8, 4) is 0 Å². The van der Waals surface area contributed by atoms with E-state index < -0.39 is 11.6 Å². The van der Waals surface area contributed by atoms with E-state index in [2.05, 4.69) is 20.6 Å². The monoisotopic (exact) mass is 349 g/mol. The fourth-order valence-electron chi connectivity index (χ4n) is 2.38. The minimum atomic E-state index is -0.660. The first-order chi connectivity index (χ1) is 12.0. The highest BCUT2D eigenvalue weighted by atomic mass is 19.1. The lowest BCUT2D eigenvalue weighted by Gasteiger charge is -2.24. The Balaban J connectivity index is 2.34. The van der Waals surface area contributed by atoms with E-state index in [1.165, 1.54) is 12.3 Å². The van der Waals surface area contributed by atoms with E-state index in [0.29, 0.717) is 18.4 Å². The molecule has 0 aromatic carbocycles. The maximum Gasteiger partial charge on any atom is 0.166 e. The molecule has 0 saturated heterocycles. The van der Waals surface area contributed by atoms with Crippen LogP contribution in [0, 0.1) is 11.6 Å². The van der Waals surface area contributed by atoms with Gasteiger partial charge in [-0.15, -0.1) is 0 Å². The number of pyridine rings is 2. The molecule has 0 unspecified atom stereocenters. The SMILES string of the molecule is CC[C@H](N)[C@@H](CC)Nc1nc(Nc2cncc(F)c2)c(C=O)cc1F. The smallest absolute Gasteiger partial charge is 0.166 e. The molecule has 0 amide bonds. The van der Waals surface area contributed by atoms with Crippen molar-refractivity contribution < 1.29 is 13.6 Å². The second kappa shape index (κ2) is 8.48. The van der Waals surface area contributed by atoms with Gasteiger partial charge in [0.05, 0.1) is 23.6 Å². The van der Waals surface area contributed by atoms with Gasteiger partial charge in [-0.05, 0) is 18.9 Å². The summed E-state index contributed by atoms with van der Waals surface area (Å²) >= 11 is 0. The van der Waals surface area contributed by atoms with E-state index in [1.54, 1.807) is 0 Å². The summed E-state index contributed by atoms with van der Waals surface area (Å²) in [5.74, 6) is -1.12. The van der Waals surface area contributed by atoms with E-state index in [9.17, 15) is 13.6 Å². The molecule has 0 aliphatic carbocycles. The molecule has 6 nitrogen and oxygen atoms in total. The molecule has 0 saturated carbocycles. The third-order valence-electron chi connectivity index (χ3n) is 3.85. The fourth-order valence-corrected chi connectivity index (χ4v) is 2.38. The average molecular weight is 349 g/mol. The van der Waals surface area contributed by atoms with Gasteiger partial charge in [-0.2, -0.15) is 0 Å². The van der Waals surface area contributed by atoms with Gasteiger partial charge in [0.25, 0.3) is 0 Å². The summed E-state index contributed by atoms with van der Waals surface area (Å²) in [4.78, 5) is 19.1. The zero-order chi connectivity index (χ0) is 18.4. The molecule has 25 heavy (non-hydrogen) atoms. The average Bonchev–Trinajstić information content (AvgIpc) is 2.61. The summed E-state index contributed by atoms with van der Waals surface area (Å²) in [6.07, 6.45) is 4.30. The highest BCUT2D eigenvalue weighted by molar-refractivity contribution is 5.85. The van der Waals surface area contributed by atoms with Crippen molar-refractivity contribution in [2.45, 2.75) is 38.8 Å². The van der Waals surface area contributed by atoms with Gasteiger partial charge in [-0.1, -0.05) is 13.8 Å². The molecule has 2 rings (SSSR count). The van der Waals surface area contributed by atoms with Crippen molar-refractivity contribution in [1.29, 1.82) is 0 Å². The minimum Gasteiger partial charge on any atom is -0.363 e. The summed E-state index contributed by atoms with van der Waals surface area (Å²) < 4.78 is 27.5. The van der Waals surface area contributed by atoms with Crippen LogP contribution < -0.4 is 16.4 Å². The molecule has 134 valence electrons. The van der Waals surface area contributed by atoms with Gasteiger partial charge >= 0.3 is 0 Å². The molecule has 0 fully saturated rings. The minimum absolute atomic E-state index is 0.0140. The second-order valence-corrected chi connectivity index (χ2v) is 5.62. The quantitative estimate of drug-likeness (QED) is 0.634. The molecule has 8 heteroatoms. The number of hydrogen-bond acceptors (Lipinski definition) is 6. The number of anilines is 3. The topological polar surface area (TPSA) is 92.9 Å². The van der Waals surface area contributed by atoms with Crippen molar-refractivity contribution in [3.05, 3.63) is 41.7 Å². The van der Waals surface area contributed by atoms with Gasteiger partial charge in [-0.3, -0.25) is 9.78 Å². The molecular formula is C17H21F2N5O. The van der Waals surface area contributed by atoms with E-state index in [1.807, 2.05) is 13.8 Å². The molecule has 0 spiro atoms. The molecule has 0 aliphatic rings. The Hall–Kier alpha value is -2.61. The van der Waals surface area contributed by atoms with E-state index >= 15 is 0 Å². The van der Waals surface area contributed by atoms with Crippen LogP contribution in [0.15, 0.2) is 24.5 Å². The van der Waals surface area contributed by atoms with E-state index in [0.717, 1.165) is 18.7 Å². The normalized spacial score (nSPS) is 13.2. The Labute approximate surface area is 144 Å². The van der Waals surface area contributed by atoms with Crippen LogP contribution in [0.25, 0.3) is 0 Å². The fraction of sp³-hybridized carbons (Fsp3) is 0.353. The lowest BCUT2D eigenvalue weighted by atomic mass is 10.0. The number of nitrogens with two attached hydrogens (primary N) is 1. The number of nitrogens with one attached hydrogen (secondary N) is 2. The highest BCUT2D eigenvalue weighted by Crippen LogP contribution is 2.24. The number of carbonyl (C=O) groups excluding carboxylic acids is 1. The lowest BCUT2D eigenvalue weighted by molar-refractivity contribution is 0.112. The standard InChI is InChI=1S/C17H21F2N5O/c1-3-14(20)15(4-2)23-17-13(19)5-10(9-25)16(24-17)22-12-6-11(18)7-21-8-12/h5-9,14-15H,3-4,20H2,1-2H3,(H2,22,23,24)/t14-,15+/m0/s1. The number of nitrogens with zero attached hydrogens (tertiary/aromatic N) is 2. The number of aldehydes is 1. The maximum atomic E-state index is 14.3. The van der Waals surface area contributed by atoms with Crippen LogP contribution in [0.4, 0.5) is 26.1 Å². The molecule has 2 aromatic heterocycles. The van der Waals surface area contributed by atoms with Gasteiger partial charge in [0.15, 0.2) is 17.9 Å². The van der Waals surface area contributed by atoms with Crippen molar-refractivity contribution in [2.24, 2.45) is 5.73 Å². The van der Waals surface area contributed by atoms with Crippen LogP contribution in [0.5, 0.6) is 0 Å². The lowest BCUT2D eigenvalue weighted by Crippen LogP contribution is -2.39. The number of hydrogen-bond donors (Lipinski definition) is 3. The molecule has 0 aliphatic heterocycles. The first-order valence-electron chi connectivity index (χ1n) is 8.03. The second-order valence-electron chi connectivity index (χ2n) is 5.62. The van der Waals surface area contributed by atoms with Crippen molar-refractivity contribution >= 4 is 23.6 Å². The molecule has 2 aromatic rings. The molecule has 0 radical (unpaired) electrons. The van der Waals surface area contributed by atoms with Crippen LogP contribution in [0.1, 0.15) is 37.0 Å². The van der Waals surface area contributed by atoms with E-state index in [-0.39, 0.29) is 29.3 Å². The van der Waals surface area contributed by atoms with Crippen LogP contribution in [0.3, 0.4) is 0 Å². The number of halogens is 2. The van der Waals surface area contributed by atoms with Gasteiger partial charge in [-0.25, -0.2) is 13.8 Å². The zero-order valence-electron chi connectivity index (χ0n) is 14.1. The highest BCUT2D eigenvalue weighted by Gasteiger charge is 2.18. The van der Waals surface area contributed by atoms with Crippen LogP contribution in [0.2, 0.25) is 0 Å². The van der Waals surface area contributed by atoms with Crippen LogP contribution in [-0.2, 0) is 0 Å². The summed E-state index contributed by atoms with van der Waals surface area (Å²) in [6.45, 7) is 3.88. The van der Waals surface area contributed by atoms with Crippen LogP contribution >= 0.6 is 0 Å². The molecule has 4 N–H and O–H groups in total. The number of rotatable bonds is 8. The predicted octanol–water partition coefficient (Wildman–Crippen LogP) is 3.24. The first kappa shape index (κ1) is 18.7. The van der Waals surface area contributed by atoms with Gasteiger partial charge in [0.2, 0.25) is 0 Å². The first-order valence-corrected chi connectivity index (χ1v) is 8.03. The van der Waals surface area contributed by atoms with Gasteiger partial charge in [0.1, 0.15) is 11.6 Å². The van der Waals surface area contributed by atoms with Crippen LogP contribution in [-0.4, -0.2) is 28.3 Å². The van der Waals surface area contributed by atoms with Crippen molar-refractivity contribution in [2.75, 3.05) is 10.6 Å². The Morgan fingerprint density at radius 3 is 2.56 bits per heavy atom. The molecule has 0 bridgehead atoms. The summed E-state index contributed by atoms with van der Waals surface area (Å²) in [6, 6.07) is 1.93. The Morgan fingerprint density at radius 1 is 1.20 bits per heavy atom. The Morgan fingerprint density at radius 2 is 1.96 bits per heavy atom. The van der Waals surface area contributed by atoms with E-state index in [4.69, 9.17) is 5.73 Å². The van der Waals surface area contributed by atoms with Gasteiger partial charge in [0, 0.05) is 18.2 Å². The third-order valence-corrected chi connectivity index (χ3v) is 3.85. The molecular weight excluding hydrogens is 328 g/mol. The van der Waals surface area contributed by atoms with Crippen molar-refractivity contribution in [1.82, 2.24) is 9.97 Å². The molecule has 2 atom stereocenters. The third kappa shape index (κ3) is 4.69. The number of aromatic nitrogens is 2. The Bertz CT molecular complexity index is 741. The summed E-state index contributed by atoms with van der Waals surface area (Å²) in [7, 11) is 0. The zero-order valence-corrected chi connectivity index (χ0v) is 14.1. The van der Waals surface area contributed by atoms with Crippen molar-refractivity contribution in [3.63, 3.8) is 0 Å². The predicted molar refractivity (Wildman–Crippen MR) is 93.0 cm³/mol. The van der Waals surface area contributed by atoms with Gasteiger partial charge < -0.3 is 16.4 Å². The largest absolute Gasteiger partial charge is 0.363 e. The summed E-state index contributed by atoms with van der Waals surface area (Å²) in [5.41, 5.74) is 6.34. The molecule has 2 heterocycles. The Kier molecular flexibility index (Phi) is 6.35. The number of carbonyl (C=O) groups is 1. The maximum absolute atomic E-state index is 14.3. The summed E-state index contributed by atoms with van der Waals surface area (Å²) in [5, 5.41) is 5.76.